The fourth-order valence-corrected chi connectivity index (χ4v) is 13.2. The van der Waals surface area contributed by atoms with Gasteiger partial charge in [0.2, 0.25) is 0 Å². The third kappa shape index (κ3) is 5.50. The minimum atomic E-state index is -4.71. The summed E-state index contributed by atoms with van der Waals surface area (Å²) in [4.78, 5) is 0. The molecule has 342 valence electrons. The number of halogens is 3. The van der Waals surface area contributed by atoms with Crippen LogP contribution in [-0.4, -0.2) is 18.3 Å². The molecule has 0 saturated carbocycles. The van der Waals surface area contributed by atoms with E-state index < -0.39 is 11.7 Å². The summed E-state index contributed by atoms with van der Waals surface area (Å²) < 4.78 is 56.0. The standard InChI is InChI=1S/C63H33F3N6S/c64-63(65,66)36-29-30-45-55(33-36)72(54-32-31-44-43-21-7-14-28-56(43)73-62(44)57(45)54)61-47(35-68)59(70-50-24-10-3-17-39(50)40-18-4-11-25-51(40)70)58(69-48-22-8-1-15-37(48)38-16-2-9-23-49(38)69)46(34-67)60(61)71-52-26-12-5-19-41(52)42-20-6-13-27-53(42)71/h1-33H. The second kappa shape index (κ2) is 15.0. The van der Waals surface area contributed by atoms with E-state index >= 15 is 13.2 Å². The Hall–Kier alpha value is -9.61. The van der Waals surface area contributed by atoms with Crippen molar-refractivity contribution in [1.82, 2.24) is 18.3 Å². The summed E-state index contributed by atoms with van der Waals surface area (Å²) in [6.45, 7) is 0. The summed E-state index contributed by atoms with van der Waals surface area (Å²) in [6, 6.07) is 69.7. The van der Waals surface area contributed by atoms with Crippen LogP contribution in [0.5, 0.6) is 0 Å². The molecule has 0 unspecified atom stereocenters. The SMILES string of the molecule is N#Cc1c(-n2c3ccccc3c3ccccc32)c(-n2c3ccccc3c3ccccc32)c(C#N)c(-n2c3cc(C(F)(F)F)ccc3c3c4sc5ccccc5c4ccc32)c1-n1c2ccccc2c2ccccc21. The van der Waals surface area contributed by atoms with Crippen LogP contribution in [0.4, 0.5) is 13.2 Å². The van der Waals surface area contributed by atoms with Crippen molar-refractivity contribution in [2.75, 3.05) is 0 Å². The summed E-state index contributed by atoms with van der Waals surface area (Å²) in [5.74, 6) is 0. The van der Waals surface area contributed by atoms with E-state index in [2.05, 4.69) is 62.2 Å². The molecule has 0 aliphatic rings. The monoisotopic (exact) mass is 962 g/mol. The molecule has 0 fully saturated rings. The highest BCUT2D eigenvalue weighted by molar-refractivity contribution is 7.26. The van der Waals surface area contributed by atoms with Crippen molar-refractivity contribution in [2.24, 2.45) is 0 Å². The van der Waals surface area contributed by atoms with Crippen LogP contribution in [0, 0.1) is 22.7 Å². The zero-order chi connectivity index (χ0) is 48.9. The zero-order valence-electron chi connectivity index (χ0n) is 38.3. The molecule has 15 aromatic rings. The van der Waals surface area contributed by atoms with Crippen molar-refractivity contribution in [3.05, 3.63) is 217 Å². The second-order valence-electron chi connectivity index (χ2n) is 18.5. The molecule has 5 aromatic heterocycles. The maximum atomic E-state index is 15.3. The van der Waals surface area contributed by atoms with Crippen LogP contribution in [0.25, 0.3) is 130 Å². The van der Waals surface area contributed by atoms with Crippen LogP contribution >= 0.6 is 11.3 Å². The van der Waals surface area contributed by atoms with E-state index in [1.54, 1.807) is 17.4 Å². The molecule has 5 heterocycles. The van der Waals surface area contributed by atoms with E-state index in [-0.39, 0.29) is 22.3 Å². The number of para-hydroxylation sites is 6. The van der Waals surface area contributed by atoms with E-state index in [1.807, 2.05) is 150 Å². The molecule has 0 amide bonds. The minimum Gasteiger partial charge on any atom is -0.306 e. The first-order valence-electron chi connectivity index (χ1n) is 23.8. The first-order valence-corrected chi connectivity index (χ1v) is 24.6. The van der Waals surface area contributed by atoms with E-state index in [9.17, 15) is 10.5 Å². The van der Waals surface area contributed by atoms with E-state index in [1.165, 1.54) is 6.07 Å². The van der Waals surface area contributed by atoms with Gasteiger partial charge in [-0.2, -0.15) is 23.7 Å². The lowest BCUT2D eigenvalue weighted by molar-refractivity contribution is -0.137. The summed E-state index contributed by atoms with van der Waals surface area (Å²) >= 11 is 1.59. The molecular formula is C63H33F3N6S. The molecule has 15 rings (SSSR count). The normalized spacial score (nSPS) is 12.3. The maximum absolute atomic E-state index is 15.3. The van der Waals surface area contributed by atoms with Crippen LogP contribution in [0.1, 0.15) is 16.7 Å². The number of benzene rings is 10. The highest BCUT2D eigenvalue weighted by atomic mass is 32.1. The fraction of sp³-hybridized carbons (Fsp3) is 0.0159. The largest absolute Gasteiger partial charge is 0.416 e. The van der Waals surface area contributed by atoms with Crippen molar-refractivity contribution >= 4 is 119 Å². The number of hydrogen-bond acceptors (Lipinski definition) is 3. The second-order valence-corrected chi connectivity index (χ2v) is 19.5. The number of aromatic nitrogens is 4. The van der Waals surface area contributed by atoms with Crippen LogP contribution in [0.2, 0.25) is 0 Å². The van der Waals surface area contributed by atoms with Crippen LogP contribution in [0.3, 0.4) is 0 Å². The Morgan fingerprint density at radius 1 is 0.342 bits per heavy atom. The van der Waals surface area contributed by atoms with Crippen molar-refractivity contribution < 1.29 is 13.2 Å². The summed E-state index contributed by atoms with van der Waals surface area (Å²) in [6.07, 6.45) is -4.71. The predicted octanol–water partition coefficient (Wildman–Crippen LogP) is 17.2. The molecule has 10 heteroatoms. The van der Waals surface area contributed by atoms with Gasteiger partial charge in [-0.1, -0.05) is 140 Å². The van der Waals surface area contributed by atoms with E-state index in [4.69, 9.17) is 0 Å². The number of alkyl halides is 3. The van der Waals surface area contributed by atoms with Crippen molar-refractivity contribution in [2.45, 2.75) is 6.18 Å². The molecular weight excluding hydrogens is 930 g/mol. The molecule has 0 atom stereocenters. The Labute approximate surface area is 416 Å². The van der Waals surface area contributed by atoms with Gasteiger partial charge in [-0.05, 0) is 60.7 Å². The zero-order valence-corrected chi connectivity index (χ0v) is 39.1. The fourth-order valence-electron chi connectivity index (χ4n) is 12.0. The molecule has 0 saturated heterocycles. The summed E-state index contributed by atoms with van der Waals surface area (Å²) in [5.41, 5.74) is 6.57. The average Bonchev–Trinajstić information content (AvgIpc) is 4.23. The van der Waals surface area contributed by atoms with Crippen LogP contribution < -0.4 is 0 Å². The van der Waals surface area contributed by atoms with Crippen LogP contribution in [0.15, 0.2) is 200 Å². The lowest BCUT2D eigenvalue weighted by Crippen LogP contribution is -2.17. The lowest BCUT2D eigenvalue weighted by Gasteiger charge is -2.27. The molecule has 0 aliphatic heterocycles. The number of nitrogens with zero attached hydrogens (tertiary/aromatic N) is 6. The third-order valence-electron chi connectivity index (χ3n) is 14.9. The van der Waals surface area contributed by atoms with Gasteiger partial charge in [0.05, 0.1) is 72.4 Å². The molecule has 10 aromatic carbocycles. The highest BCUT2D eigenvalue weighted by Crippen LogP contribution is 2.51. The molecule has 0 aliphatic carbocycles. The average molecular weight is 963 g/mol. The van der Waals surface area contributed by atoms with Crippen molar-refractivity contribution in [3.8, 4) is 34.9 Å². The number of thiophene rings is 1. The Morgan fingerprint density at radius 3 is 1.07 bits per heavy atom. The van der Waals surface area contributed by atoms with Crippen LogP contribution in [-0.2, 0) is 6.18 Å². The number of hydrogen-bond donors (Lipinski definition) is 0. The van der Waals surface area contributed by atoms with E-state index in [0.717, 1.165) is 97.0 Å². The Kier molecular flexibility index (Phi) is 8.44. The highest BCUT2D eigenvalue weighted by Gasteiger charge is 2.36. The summed E-state index contributed by atoms with van der Waals surface area (Å²) in [7, 11) is 0. The van der Waals surface area contributed by atoms with Gasteiger partial charge in [-0.3, -0.25) is 0 Å². The number of fused-ring (bicyclic) bond motifs is 16. The van der Waals surface area contributed by atoms with Gasteiger partial charge >= 0.3 is 6.18 Å². The summed E-state index contributed by atoms with van der Waals surface area (Å²) in [5, 5.41) is 34.0. The maximum Gasteiger partial charge on any atom is 0.416 e. The molecule has 0 N–H and O–H groups in total. The van der Waals surface area contributed by atoms with Crippen molar-refractivity contribution in [3.63, 3.8) is 0 Å². The molecule has 0 radical (unpaired) electrons. The molecule has 6 nitrogen and oxygen atoms in total. The Balaban J connectivity index is 1.28. The Morgan fingerprint density at radius 2 is 0.685 bits per heavy atom. The minimum absolute atomic E-state index is 0.159. The Bertz CT molecular complexity index is 4850. The predicted molar refractivity (Wildman–Crippen MR) is 291 cm³/mol. The third-order valence-corrected chi connectivity index (χ3v) is 16.1. The van der Waals surface area contributed by atoms with Crippen molar-refractivity contribution in [1.29, 1.82) is 10.5 Å². The van der Waals surface area contributed by atoms with Gasteiger partial charge < -0.3 is 18.3 Å². The quantitative estimate of drug-likeness (QED) is 0.176. The first kappa shape index (κ1) is 41.2. The topological polar surface area (TPSA) is 67.3 Å². The smallest absolute Gasteiger partial charge is 0.306 e. The lowest BCUT2D eigenvalue weighted by atomic mass is 9.98. The van der Waals surface area contributed by atoms with Gasteiger partial charge in [0, 0.05) is 63.3 Å². The first-order chi connectivity index (χ1) is 35.8. The van der Waals surface area contributed by atoms with E-state index in [0.29, 0.717) is 28.0 Å². The van der Waals surface area contributed by atoms with Gasteiger partial charge in [-0.15, -0.1) is 11.3 Å². The molecule has 0 bridgehead atoms. The van der Waals surface area contributed by atoms with Gasteiger partial charge in [0.25, 0.3) is 0 Å². The van der Waals surface area contributed by atoms with Gasteiger partial charge in [-0.25, -0.2) is 0 Å². The van der Waals surface area contributed by atoms with Gasteiger partial charge in [0.1, 0.15) is 23.3 Å². The number of nitriles is 2. The molecule has 73 heavy (non-hydrogen) atoms. The number of rotatable bonds is 4. The van der Waals surface area contributed by atoms with Gasteiger partial charge in [0.15, 0.2) is 0 Å². The molecule has 0 spiro atoms.